The van der Waals surface area contributed by atoms with Crippen LogP contribution in [0.3, 0.4) is 0 Å². The van der Waals surface area contributed by atoms with E-state index in [1.54, 1.807) is 42.5 Å². The van der Waals surface area contributed by atoms with E-state index in [9.17, 15) is 15.0 Å². The molecule has 0 radical (unpaired) electrons. The number of benzene rings is 2. The van der Waals surface area contributed by atoms with Gasteiger partial charge in [-0.05, 0) is 73.1 Å². The molecule has 2 aromatic rings. The average Bonchev–Trinajstić information content (AvgIpc) is 2.67. The number of carbonyl (C=O) groups is 1. The Balaban J connectivity index is 0.000000221. The van der Waals surface area contributed by atoms with Crippen LogP contribution < -0.4 is 0 Å². The van der Waals surface area contributed by atoms with Crippen molar-refractivity contribution in [3.8, 4) is 17.2 Å². The van der Waals surface area contributed by atoms with Crippen molar-refractivity contribution in [2.75, 3.05) is 0 Å². The molecule has 4 heteroatoms. The summed E-state index contributed by atoms with van der Waals surface area (Å²) in [6.07, 6.45) is 9.63. The summed E-state index contributed by atoms with van der Waals surface area (Å²) in [5.41, 5.74) is 3.83. The molecule has 1 aliphatic carbocycles. The number of aromatic hydroxyl groups is 3. The molecule has 0 fully saturated rings. The number of carbonyl (C=O) groups excluding carboxylic acids is 1. The Morgan fingerprint density at radius 3 is 2.07 bits per heavy atom. The Bertz CT molecular complexity index is 856. The van der Waals surface area contributed by atoms with E-state index in [4.69, 9.17) is 5.11 Å². The van der Waals surface area contributed by atoms with Gasteiger partial charge < -0.3 is 15.3 Å². The van der Waals surface area contributed by atoms with E-state index in [2.05, 4.69) is 13.5 Å². The Morgan fingerprint density at radius 1 is 0.964 bits per heavy atom. The van der Waals surface area contributed by atoms with Gasteiger partial charge >= 0.3 is 0 Å². The summed E-state index contributed by atoms with van der Waals surface area (Å²) in [6.45, 7) is 5.97. The van der Waals surface area contributed by atoms with Crippen LogP contribution in [0.1, 0.15) is 37.3 Å². The topological polar surface area (TPSA) is 77.8 Å². The third-order valence-corrected chi connectivity index (χ3v) is 4.58. The predicted molar refractivity (Wildman–Crippen MR) is 113 cm³/mol. The fourth-order valence-corrected chi connectivity index (χ4v) is 2.90. The number of rotatable bonds is 4. The smallest absolute Gasteiger partial charge is 0.145 e. The van der Waals surface area contributed by atoms with Gasteiger partial charge in [0.25, 0.3) is 0 Å². The summed E-state index contributed by atoms with van der Waals surface area (Å²) in [5.74, 6) is 0.876. The second-order valence-corrected chi connectivity index (χ2v) is 6.92. The van der Waals surface area contributed by atoms with Gasteiger partial charge in [0, 0.05) is 6.07 Å². The van der Waals surface area contributed by atoms with Crippen LogP contribution in [-0.2, 0) is 4.79 Å². The molecule has 0 heterocycles. The molecule has 0 aliphatic heterocycles. The van der Waals surface area contributed by atoms with Gasteiger partial charge in [-0.15, -0.1) is 0 Å². The van der Waals surface area contributed by atoms with Crippen molar-refractivity contribution in [2.45, 2.75) is 26.2 Å². The lowest BCUT2D eigenvalue weighted by Gasteiger charge is -2.19. The van der Waals surface area contributed by atoms with E-state index in [0.29, 0.717) is 11.5 Å². The number of aldehydes is 1. The van der Waals surface area contributed by atoms with Gasteiger partial charge in [0.2, 0.25) is 0 Å². The van der Waals surface area contributed by atoms with E-state index >= 15 is 0 Å². The fourth-order valence-electron chi connectivity index (χ4n) is 2.90. The molecule has 4 nitrogen and oxygen atoms in total. The lowest BCUT2D eigenvalue weighted by Crippen LogP contribution is -2.06. The number of phenols is 3. The van der Waals surface area contributed by atoms with Crippen molar-refractivity contribution < 1.29 is 20.1 Å². The summed E-state index contributed by atoms with van der Waals surface area (Å²) in [7, 11) is 0. The third kappa shape index (κ3) is 6.80. The predicted octanol–water partition coefficient (Wildman–Crippen LogP) is 5.46. The largest absolute Gasteiger partial charge is 0.508 e. The van der Waals surface area contributed by atoms with Crippen LogP contribution in [0.2, 0.25) is 0 Å². The van der Waals surface area contributed by atoms with Crippen molar-refractivity contribution in [1.82, 2.24) is 0 Å². The molecule has 3 N–H and O–H groups in total. The van der Waals surface area contributed by atoms with Gasteiger partial charge in [0.05, 0.1) is 0 Å². The first kappa shape index (κ1) is 21.0. The zero-order valence-electron chi connectivity index (χ0n) is 16.0. The number of phenolic OH excluding ortho intramolecular Hbond substituents is 3. The maximum absolute atomic E-state index is 10.3. The molecule has 1 unspecified atom stereocenters. The molecule has 146 valence electrons. The minimum Gasteiger partial charge on any atom is -0.508 e. The lowest BCUT2D eigenvalue weighted by molar-refractivity contribution is -0.105. The van der Waals surface area contributed by atoms with E-state index in [0.717, 1.165) is 36.7 Å². The average molecular weight is 378 g/mol. The first-order valence-corrected chi connectivity index (χ1v) is 9.17. The van der Waals surface area contributed by atoms with Crippen LogP contribution in [0.15, 0.2) is 66.3 Å². The first-order chi connectivity index (χ1) is 13.4. The van der Waals surface area contributed by atoms with Gasteiger partial charge in [-0.1, -0.05) is 42.5 Å². The Labute approximate surface area is 165 Å². The summed E-state index contributed by atoms with van der Waals surface area (Å²) in [6, 6.07) is 11.1. The third-order valence-electron chi connectivity index (χ3n) is 4.58. The molecule has 3 rings (SSSR count). The summed E-state index contributed by atoms with van der Waals surface area (Å²) in [5, 5.41) is 27.7. The van der Waals surface area contributed by atoms with Crippen LogP contribution in [0.5, 0.6) is 17.2 Å². The molecule has 0 saturated carbocycles. The highest BCUT2D eigenvalue weighted by Crippen LogP contribution is 2.27. The summed E-state index contributed by atoms with van der Waals surface area (Å²) < 4.78 is 0. The second-order valence-electron chi connectivity index (χ2n) is 6.92. The SMILES string of the molecule is C=C(C)C1CC=C(C=O)CC1.Oc1ccc(/C=C/c2cc(O)cc(O)c2)cc1. The minimum absolute atomic E-state index is 0.0235. The molecule has 0 bridgehead atoms. The van der Waals surface area contributed by atoms with Gasteiger partial charge in [0.1, 0.15) is 23.5 Å². The normalized spacial score (nSPS) is 16.0. The van der Waals surface area contributed by atoms with Crippen molar-refractivity contribution in [3.05, 3.63) is 77.4 Å². The molecule has 0 aromatic heterocycles. The second kappa shape index (κ2) is 10.2. The van der Waals surface area contributed by atoms with Crippen molar-refractivity contribution >= 4 is 18.4 Å². The minimum atomic E-state index is 0.0235. The van der Waals surface area contributed by atoms with E-state index in [1.807, 2.05) is 12.2 Å². The number of hydrogen-bond acceptors (Lipinski definition) is 4. The van der Waals surface area contributed by atoms with Gasteiger partial charge in [-0.3, -0.25) is 4.79 Å². The Kier molecular flexibility index (Phi) is 7.64. The zero-order chi connectivity index (χ0) is 20.5. The molecule has 0 saturated heterocycles. The lowest BCUT2D eigenvalue weighted by atomic mass is 9.86. The van der Waals surface area contributed by atoms with Crippen LogP contribution in [0.4, 0.5) is 0 Å². The highest BCUT2D eigenvalue weighted by Gasteiger charge is 2.13. The molecule has 1 atom stereocenters. The molecule has 1 aliphatic rings. The maximum atomic E-state index is 10.3. The molecule has 0 amide bonds. The summed E-state index contributed by atoms with van der Waals surface area (Å²) in [4.78, 5) is 10.3. The molecule has 2 aromatic carbocycles. The number of hydrogen-bond donors (Lipinski definition) is 3. The summed E-state index contributed by atoms with van der Waals surface area (Å²) >= 11 is 0. The maximum Gasteiger partial charge on any atom is 0.145 e. The molecular weight excluding hydrogens is 352 g/mol. The Morgan fingerprint density at radius 2 is 1.57 bits per heavy atom. The van der Waals surface area contributed by atoms with Gasteiger partial charge in [-0.2, -0.15) is 0 Å². The molecule has 0 spiro atoms. The van der Waals surface area contributed by atoms with E-state index in [1.165, 1.54) is 11.6 Å². The standard InChI is InChI=1S/C14H12O3.C10H14O/c15-12-5-3-10(4-6-12)1-2-11-7-13(16)9-14(17)8-11;1-8(2)10-5-3-9(7-11)4-6-10/h1-9,15-17H;3,7,10H,1,4-6H2,2H3/b2-1+;. The highest BCUT2D eigenvalue weighted by molar-refractivity contribution is 5.73. The van der Waals surface area contributed by atoms with E-state index in [-0.39, 0.29) is 17.2 Å². The fraction of sp³-hybridized carbons (Fsp3) is 0.208. The first-order valence-electron chi connectivity index (χ1n) is 9.17. The van der Waals surface area contributed by atoms with Gasteiger partial charge in [0.15, 0.2) is 0 Å². The number of allylic oxidation sites excluding steroid dienone is 3. The van der Waals surface area contributed by atoms with Crippen LogP contribution in [0, 0.1) is 5.92 Å². The van der Waals surface area contributed by atoms with Crippen LogP contribution >= 0.6 is 0 Å². The quantitative estimate of drug-likeness (QED) is 0.375. The molecular formula is C24H26O4. The van der Waals surface area contributed by atoms with Crippen LogP contribution in [0.25, 0.3) is 12.2 Å². The van der Waals surface area contributed by atoms with Gasteiger partial charge in [-0.25, -0.2) is 0 Å². The molecule has 28 heavy (non-hydrogen) atoms. The van der Waals surface area contributed by atoms with Crippen molar-refractivity contribution in [1.29, 1.82) is 0 Å². The highest BCUT2D eigenvalue weighted by atomic mass is 16.3. The Hall–Kier alpha value is -3.27. The van der Waals surface area contributed by atoms with E-state index < -0.39 is 0 Å². The zero-order valence-corrected chi connectivity index (χ0v) is 16.0. The monoisotopic (exact) mass is 378 g/mol. The van der Waals surface area contributed by atoms with Crippen molar-refractivity contribution in [3.63, 3.8) is 0 Å². The van der Waals surface area contributed by atoms with Crippen molar-refractivity contribution in [2.24, 2.45) is 5.92 Å². The van der Waals surface area contributed by atoms with Crippen LogP contribution in [-0.4, -0.2) is 21.6 Å².